The Labute approximate surface area is 110 Å². The van der Waals surface area contributed by atoms with Crippen LogP contribution in [0, 0.1) is 0 Å². The van der Waals surface area contributed by atoms with E-state index in [1.165, 1.54) is 24.2 Å². The van der Waals surface area contributed by atoms with Gasteiger partial charge in [-0.15, -0.1) is 11.8 Å². The van der Waals surface area contributed by atoms with Crippen molar-refractivity contribution in [3.63, 3.8) is 0 Å². The van der Waals surface area contributed by atoms with Gasteiger partial charge in [0.1, 0.15) is 0 Å². The Morgan fingerprint density at radius 2 is 2.06 bits per heavy atom. The van der Waals surface area contributed by atoms with Crippen LogP contribution in [0.2, 0.25) is 0 Å². The molecule has 0 radical (unpaired) electrons. The molecule has 98 valence electrons. The minimum atomic E-state index is -1.03. The van der Waals surface area contributed by atoms with Crippen molar-refractivity contribution in [2.75, 3.05) is 18.8 Å². The van der Waals surface area contributed by atoms with Crippen molar-refractivity contribution in [2.45, 2.75) is 18.7 Å². The molecular formula is C12H16N2O3S. The van der Waals surface area contributed by atoms with Crippen LogP contribution in [-0.2, 0) is 4.79 Å². The van der Waals surface area contributed by atoms with Gasteiger partial charge in [0.2, 0.25) is 5.91 Å². The molecule has 0 spiro atoms. The third-order valence-corrected chi connectivity index (χ3v) is 3.54. The van der Waals surface area contributed by atoms with Crippen LogP contribution in [0.5, 0.6) is 0 Å². The molecule has 0 aliphatic carbocycles. The van der Waals surface area contributed by atoms with Crippen LogP contribution in [-0.4, -0.2) is 45.7 Å². The lowest BCUT2D eigenvalue weighted by Crippen LogP contribution is -2.31. The summed E-state index contributed by atoms with van der Waals surface area (Å²) in [5.41, 5.74) is 0.134. The Balaban J connectivity index is 2.69. The van der Waals surface area contributed by atoms with Crippen LogP contribution in [0.4, 0.5) is 0 Å². The molecule has 1 rings (SSSR count). The Bertz CT molecular complexity index is 433. The van der Waals surface area contributed by atoms with Gasteiger partial charge in [-0.3, -0.25) is 9.78 Å². The van der Waals surface area contributed by atoms with Crippen LogP contribution < -0.4 is 0 Å². The van der Waals surface area contributed by atoms with Crippen molar-refractivity contribution in [3.8, 4) is 0 Å². The summed E-state index contributed by atoms with van der Waals surface area (Å²) in [6, 6.07) is 1.61. The number of carboxylic acid groups (broad SMARTS) is 1. The summed E-state index contributed by atoms with van der Waals surface area (Å²) in [4.78, 5) is 28.8. The van der Waals surface area contributed by atoms with Crippen molar-refractivity contribution in [3.05, 3.63) is 24.0 Å². The number of carboxylic acids is 1. The number of aromatic carboxylic acids is 1. The fraction of sp³-hybridized carbons (Fsp3) is 0.417. The van der Waals surface area contributed by atoms with Gasteiger partial charge in [-0.1, -0.05) is 0 Å². The van der Waals surface area contributed by atoms with Crippen molar-refractivity contribution in [2.24, 2.45) is 0 Å². The van der Waals surface area contributed by atoms with E-state index in [2.05, 4.69) is 4.98 Å². The van der Waals surface area contributed by atoms with E-state index in [9.17, 15) is 9.59 Å². The molecule has 0 saturated carbocycles. The van der Waals surface area contributed by atoms with Gasteiger partial charge in [-0.2, -0.15) is 0 Å². The van der Waals surface area contributed by atoms with Crippen molar-refractivity contribution < 1.29 is 14.7 Å². The highest BCUT2D eigenvalue weighted by molar-refractivity contribution is 8.00. The van der Waals surface area contributed by atoms with Crippen molar-refractivity contribution in [1.29, 1.82) is 0 Å². The zero-order valence-electron chi connectivity index (χ0n) is 10.4. The monoisotopic (exact) mass is 268 g/mol. The molecule has 0 fully saturated rings. The Morgan fingerprint density at radius 1 is 1.39 bits per heavy atom. The van der Waals surface area contributed by atoms with Crippen LogP contribution in [0.25, 0.3) is 0 Å². The predicted octanol–water partition coefficient (Wildman–Crippen LogP) is 1.74. The first kappa shape index (κ1) is 14.5. The summed E-state index contributed by atoms with van der Waals surface area (Å²) in [5.74, 6) is -0.773. The first-order valence-electron chi connectivity index (χ1n) is 5.68. The topological polar surface area (TPSA) is 70.5 Å². The number of hydrogen-bond acceptors (Lipinski definition) is 4. The van der Waals surface area contributed by atoms with Gasteiger partial charge in [0.15, 0.2) is 0 Å². The zero-order chi connectivity index (χ0) is 13.5. The number of rotatable bonds is 6. The highest BCUT2D eigenvalue weighted by Crippen LogP contribution is 2.22. The molecule has 0 bridgehead atoms. The van der Waals surface area contributed by atoms with E-state index in [-0.39, 0.29) is 17.2 Å². The van der Waals surface area contributed by atoms with Crippen molar-refractivity contribution in [1.82, 2.24) is 9.88 Å². The molecule has 1 aromatic heterocycles. The quantitative estimate of drug-likeness (QED) is 0.796. The maximum Gasteiger partial charge on any atom is 0.338 e. The van der Waals surface area contributed by atoms with Crippen LogP contribution in [0.1, 0.15) is 24.2 Å². The van der Waals surface area contributed by atoms with E-state index in [1.807, 2.05) is 13.8 Å². The van der Waals surface area contributed by atoms with Gasteiger partial charge in [0.25, 0.3) is 0 Å². The first-order chi connectivity index (χ1) is 8.60. The van der Waals surface area contributed by atoms with E-state index < -0.39 is 5.97 Å². The molecule has 0 unspecified atom stereocenters. The molecule has 0 saturated heterocycles. The molecule has 0 atom stereocenters. The molecule has 0 aromatic carbocycles. The lowest BCUT2D eigenvalue weighted by Gasteiger charge is -2.18. The van der Waals surface area contributed by atoms with E-state index in [4.69, 9.17) is 5.11 Å². The van der Waals surface area contributed by atoms with Crippen molar-refractivity contribution >= 4 is 23.6 Å². The molecule has 5 nitrogen and oxygen atoms in total. The summed E-state index contributed by atoms with van der Waals surface area (Å²) in [5, 5.41) is 8.98. The average molecular weight is 268 g/mol. The summed E-state index contributed by atoms with van der Waals surface area (Å²) in [7, 11) is 0. The van der Waals surface area contributed by atoms with Gasteiger partial charge < -0.3 is 10.0 Å². The number of carbonyl (C=O) groups is 2. The molecule has 1 aromatic rings. The Hall–Kier alpha value is -1.56. The fourth-order valence-corrected chi connectivity index (χ4v) is 2.39. The standard InChI is InChI=1S/C12H16N2O3S/c1-3-14(4-2)11(15)8-18-10-5-6-13-7-9(10)12(16)17/h5-7H,3-4,8H2,1-2H3,(H,16,17). The lowest BCUT2D eigenvalue weighted by molar-refractivity contribution is -0.127. The Morgan fingerprint density at radius 3 is 2.61 bits per heavy atom. The summed E-state index contributed by atoms with van der Waals surface area (Å²) in [6.07, 6.45) is 2.82. The fourth-order valence-electron chi connectivity index (χ4n) is 1.48. The Kier molecular flexibility index (Phi) is 5.64. The number of carbonyl (C=O) groups excluding carboxylic acids is 1. The second-order valence-corrected chi connectivity index (χ2v) is 4.55. The third kappa shape index (κ3) is 3.73. The number of hydrogen-bond donors (Lipinski definition) is 1. The number of thioether (sulfide) groups is 1. The van der Waals surface area contributed by atoms with Crippen LogP contribution in [0.3, 0.4) is 0 Å². The molecule has 0 aliphatic heterocycles. The van der Waals surface area contributed by atoms with Gasteiger partial charge in [0, 0.05) is 30.4 Å². The molecule has 6 heteroatoms. The maximum atomic E-state index is 11.8. The average Bonchev–Trinajstić information content (AvgIpc) is 2.38. The smallest absolute Gasteiger partial charge is 0.338 e. The van der Waals surface area contributed by atoms with E-state index in [0.717, 1.165) is 0 Å². The van der Waals surface area contributed by atoms with Gasteiger partial charge >= 0.3 is 5.97 Å². The highest BCUT2D eigenvalue weighted by atomic mass is 32.2. The predicted molar refractivity (Wildman–Crippen MR) is 69.8 cm³/mol. The molecule has 1 N–H and O–H groups in total. The minimum absolute atomic E-state index is 0.0122. The van der Waals surface area contributed by atoms with E-state index >= 15 is 0 Å². The minimum Gasteiger partial charge on any atom is -0.478 e. The zero-order valence-corrected chi connectivity index (χ0v) is 11.2. The number of pyridine rings is 1. The summed E-state index contributed by atoms with van der Waals surface area (Å²) < 4.78 is 0. The number of amides is 1. The lowest BCUT2D eigenvalue weighted by atomic mass is 10.3. The number of aromatic nitrogens is 1. The SMILES string of the molecule is CCN(CC)C(=O)CSc1ccncc1C(=O)O. The largest absolute Gasteiger partial charge is 0.478 e. The number of nitrogens with zero attached hydrogens (tertiary/aromatic N) is 2. The second kappa shape index (κ2) is 7.00. The maximum absolute atomic E-state index is 11.8. The molecular weight excluding hydrogens is 252 g/mol. The highest BCUT2D eigenvalue weighted by Gasteiger charge is 2.14. The summed E-state index contributed by atoms with van der Waals surface area (Å²) >= 11 is 1.23. The van der Waals surface area contributed by atoms with Gasteiger partial charge in [-0.25, -0.2) is 4.79 Å². The van der Waals surface area contributed by atoms with E-state index in [0.29, 0.717) is 18.0 Å². The third-order valence-electron chi connectivity index (χ3n) is 2.48. The first-order valence-corrected chi connectivity index (χ1v) is 6.66. The van der Waals surface area contributed by atoms with Gasteiger partial charge in [0.05, 0.1) is 11.3 Å². The second-order valence-electron chi connectivity index (χ2n) is 3.53. The molecule has 18 heavy (non-hydrogen) atoms. The van der Waals surface area contributed by atoms with Crippen LogP contribution >= 0.6 is 11.8 Å². The normalized spacial score (nSPS) is 10.1. The molecule has 1 heterocycles. The van der Waals surface area contributed by atoms with Crippen LogP contribution in [0.15, 0.2) is 23.4 Å². The van der Waals surface area contributed by atoms with Gasteiger partial charge in [-0.05, 0) is 19.9 Å². The molecule has 1 amide bonds. The molecule has 0 aliphatic rings. The van der Waals surface area contributed by atoms with E-state index in [1.54, 1.807) is 11.0 Å². The summed E-state index contributed by atoms with van der Waals surface area (Å²) in [6.45, 7) is 5.17.